The largest absolute Gasteiger partial charge is 0.507 e. The fourth-order valence-electron chi connectivity index (χ4n) is 3.46. The van der Waals surface area contributed by atoms with Crippen LogP contribution in [0.2, 0.25) is 5.02 Å². The molecule has 4 rings (SSSR count). The molecule has 0 aliphatic rings. The van der Waals surface area contributed by atoms with Gasteiger partial charge in [0.1, 0.15) is 5.75 Å². The maximum atomic E-state index is 12.6. The molecule has 7 nitrogen and oxygen atoms in total. The summed E-state index contributed by atoms with van der Waals surface area (Å²) in [4.78, 5) is 28.5. The average molecular weight is 436 g/mol. The fourth-order valence-corrected chi connectivity index (χ4v) is 3.63. The zero-order valence-electron chi connectivity index (χ0n) is 16.2. The topological polar surface area (TPSA) is 104 Å². The highest BCUT2D eigenvalue weighted by atomic mass is 35.5. The number of nitrogens with zero attached hydrogens (tertiary/aromatic N) is 2. The summed E-state index contributed by atoms with van der Waals surface area (Å²) in [5.41, 5.74) is 2.69. The number of anilines is 1. The number of amides is 1. The van der Waals surface area contributed by atoms with E-state index in [0.29, 0.717) is 21.7 Å². The van der Waals surface area contributed by atoms with Crippen LogP contribution in [0, 0.1) is 0 Å². The van der Waals surface area contributed by atoms with Crippen molar-refractivity contribution in [3.05, 3.63) is 89.2 Å². The van der Waals surface area contributed by atoms with Crippen LogP contribution in [0.4, 0.5) is 5.69 Å². The molecule has 1 atom stereocenters. The zero-order valence-corrected chi connectivity index (χ0v) is 17.0. The molecule has 1 aromatic heterocycles. The molecule has 3 N–H and O–H groups in total. The van der Waals surface area contributed by atoms with Crippen molar-refractivity contribution in [3.8, 4) is 5.75 Å². The molecule has 1 unspecified atom stereocenters. The first-order chi connectivity index (χ1) is 14.9. The van der Waals surface area contributed by atoms with Crippen molar-refractivity contribution in [2.45, 2.75) is 12.5 Å². The van der Waals surface area contributed by atoms with E-state index in [1.54, 1.807) is 29.1 Å². The van der Waals surface area contributed by atoms with Crippen LogP contribution in [0.25, 0.3) is 11.0 Å². The number of imidazole rings is 1. The number of aromatic nitrogens is 2. The van der Waals surface area contributed by atoms with Gasteiger partial charge in [-0.1, -0.05) is 41.9 Å². The van der Waals surface area contributed by atoms with Crippen LogP contribution < -0.4 is 5.32 Å². The Morgan fingerprint density at radius 3 is 2.58 bits per heavy atom. The summed E-state index contributed by atoms with van der Waals surface area (Å²) in [7, 11) is 0. The molecule has 1 heterocycles. The number of carbonyl (C=O) groups is 2. The van der Waals surface area contributed by atoms with Gasteiger partial charge in [0.05, 0.1) is 35.4 Å². The second-order valence-electron chi connectivity index (χ2n) is 7.00. The van der Waals surface area contributed by atoms with Gasteiger partial charge in [-0.05, 0) is 42.0 Å². The molecule has 1 amide bonds. The van der Waals surface area contributed by atoms with Crippen molar-refractivity contribution in [3.63, 3.8) is 0 Å². The number of fused-ring (bicyclic) bond motifs is 1. The molecule has 0 spiro atoms. The van der Waals surface area contributed by atoms with Crippen molar-refractivity contribution >= 4 is 40.2 Å². The summed E-state index contributed by atoms with van der Waals surface area (Å²) in [6.45, 7) is 0. The average Bonchev–Trinajstić information content (AvgIpc) is 3.17. The first kappa shape index (κ1) is 20.4. The summed E-state index contributed by atoms with van der Waals surface area (Å²) >= 11 is 5.93. The summed E-state index contributed by atoms with van der Waals surface area (Å²) < 4.78 is 1.78. The molecule has 0 radical (unpaired) electrons. The van der Waals surface area contributed by atoms with Gasteiger partial charge >= 0.3 is 5.97 Å². The normalized spacial score (nSPS) is 11.9. The van der Waals surface area contributed by atoms with E-state index < -0.39 is 17.9 Å². The third-order valence-corrected chi connectivity index (χ3v) is 5.16. The highest BCUT2D eigenvalue weighted by Gasteiger charge is 2.20. The Bertz CT molecular complexity index is 1270. The predicted octanol–water partition coefficient (Wildman–Crippen LogP) is 4.71. The molecule has 0 saturated heterocycles. The van der Waals surface area contributed by atoms with E-state index in [4.69, 9.17) is 11.6 Å². The number of phenolic OH excluding ortho intramolecular Hbond substituents is 1. The number of halogens is 1. The van der Waals surface area contributed by atoms with Crippen LogP contribution >= 0.6 is 11.6 Å². The molecule has 31 heavy (non-hydrogen) atoms. The Balaban J connectivity index is 1.71. The lowest BCUT2D eigenvalue weighted by Gasteiger charge is -2.18. The fraction of sp³-hybridized carbons (Fsp3) is 0.0870. The number of carbonyl (C=O) groups excluding carboxylic acids is 1. The van der Waals surface area contributed by atoms with Gasteiger partial charge in [0.2, 0.25) is 0 Å². The van der Waals surface area contributed by atoms with Gasteiger partial charge < -0.3 is 20.1 Å². The van der Waals surface area contributed by atoms with Gasteiger partial charge in [0.15, 0.2) is 0 Å². The molecular weight excluding hydrogens is 418 g/mol. The number of aromatic hydroxyl groups is 1. The Morgan fingerprint density at radius 1 is 1.06 bits per heavy atom. The summed E-state index contributed by atoms with van der Waals surface area (Å²) in [5, 5.41) is 22.5. The number of carboxylic acid groups (broad SMARTS) is 1. The van der Waals surface area contributed by atoms with Crippen LogP contribution in [0.1, 0.15) is 28.4 Å². The van der Waals surface area contributed by atoms with E-state index in [1.165, 1.54) is 18.2 Å². The number of hydrogen-bond donors (Lipinski definition) is 3. The van der Waals surface area contributed by atoms with Gasteiger partial charge in [0, 0.05) is 10.7 Å². The number of hydrogen-bond acceptors (Lipinski definition) is 4. The minimum atomic E-state index is -0.934. The Morgan fingerprint density at radius 2 is 1.84 bits per heavy atom. The molecular formula is C23H18ClN3O4. The highest BCUT2D eigenvalue weighted by molar-refractivity contribution is 6.31. The highest BCUT2D eigenvalue weighted by Crippen LogP contribution is 2.29. The smallest absolute Gasteiger partial charge is 0.305 e. The Kier molecular flexibility index (Phi) is 5.60. The molecule has 4 aromatic rings. The van der Waals surface area contributed by atoms with Crippen LogP contribution in [0.15, 0.2) is 73.1 Å². The van der Waals surface area contributed by atoms with Crippen LogP contribution in [0.5, 0.6) is 5.75 Å². The number of carboxylic acids is 1. The van der Waals surface area contributed by atoms with Crippen LogP contribution in [-0.2, 0) is 4.79 Å². The lowest BCUT2D eigenvalue weighted by Crippen LogP contribution is -2.15. The molecule has 8 heteroatoms. The Labute approximate surface area is 182 Å². The summed E-state index contributed by atoms with van der Waals surface area (Å²) in [6.07, 6.45) is 1.47. The second-order valence-corrected chi connectivity index (χ2v) is 7.43. The summed E-state index contributed by atoms with van der Waals surface area (Å²) in [5.74, 6) is -1.63. The van der Waals surface area contributed by atoms with E-state index in [1.807, 2.05) is 30.3 Å². The third-order valence-electron chi connectivity index (χ3n) is 4.92. The standard InChI is InChI=1S/C23H18ClN3O4/c24-15-6-9-21(28)17(10-15)23(31)26-16-7-8-18-20(11-16)27(13-25-18)19(12-22(29)30)14-4-2-1-3-5-14/h1-11,13,19,28H,12H2,(H,26,31)(H,29,30). The first-order valence-electron chi connectivity index (χ1n) is 9.45. The number of rotatable bonds is 6. The van der Waals surface area contributed by atoms with Gasteiger partial charge in [-0.25, -0.2) is 4.98 Å². The van der Waals surface area contributed by atoms with Crippen molar-refractivity contribution in [2.75, 3.05) is 5.32 Å². The third kappa shape index (κ3) is 4.36. The number of nitrogens with one attached hydrogen (secondary N) is 1. The number of aliphatic carboxylic acids is 1. The monoisotopic (exact) mass is 435 g/mol. The van der Waals surface area contributed by atoms with Gasteiger partial charge in [-0.15, -0.1) is 0 Å². The first-order valence-corrected chi connectivity index (χ1v) is 9.83. The SMILES string of the molecule is O=C(O)CC(c1ccccc1)n1cnc2ccc(NC(=O)c3cc(Cl)ccc3O)cc21. The maximum absolute atomic E-state index is 12.6. The maximum Gasteiger partial charge on any atom is 0.305 e. The number of phenols is 1. The Hall–Kier alpha value is -3.84. The molecule has 0 saturated carbocycles. The van der Waals surface area contributed by atoms with Crippen molar-refractivity contribution < 1.29 is 19.8 Å². The molecule has 0 aliphatic carbocycles. The van der Waals surface area contributed by atoms with E-state index in [2.05, 4.69) is 10.3 Å². The molecule has 0 aliphatic heterocycles. The van der Waals surface area contributed by atoms with Gasteiger partial charge in [0.25, 0.3) is 5.91 Å². The van der Waals surface area contributed by atoms with E-state index >= 15 is 0 Å². The molecule has 156 valence electrons. The zero-order chi connectivity index (χ0) is 22.0. The molecule has 0 fully saturated rings. The van der Waals surface area contributed by atoms with Crippen LogP contribution in [-0.4, -0.2) is 31.6 Å². The van der Waals surface area contributed by atoms with Gasteiger partial charge in [-0.2, -0.15) is 0 Å². The van der Waals surface area contributed by atoms with Crippen molar-refractivity contribution in [2.24, 2.45) is 0 Å². The second kappa shape index (κ2) is 8.49. The van der Waals surface area contributed by atoms with E-state index in [0.717, 1.165) is 5.56 Å². The van der Waals surface area contributed by atoms with Crippen molar-refractivity contribution in [1.82, 2.24) is 9.55 Å². The predicted molar refractivity (Wildman–Crippen MR) is 118 cm³/mol. The quantitative estimate of drug-likeness (QED) is 0.406. The summed E-state index contributed by atoms with van der Waals surface area (Å²) in [6, 6.07) is 18.2. The lowest BCUT2D eigenvalue weighted by molar-refractivity contribution is -0.137. The van der Waals surface area contributed by atoms with Crippen LogP contribution in [0.3, 0.4) is 0 Å². The van der Waals surface area contributed by atoms with Crippen molar-refractivity contribution in [1.29, 1.82) is 0 Å². The van der Waals surface area contributed by atoms with Gasteiger partial charge in [-0.3, -0.25) is 9.59 Å². The molecule has 0 bridgehead atoms. The van der Waals surface area contributed by atoms with E-state index in [9.17, 15) is 19.8 Å². The number of benzene rings is 3. The minimum absolute atomic E-state index is 0.0501. The minimum Gasteiger partial charge on any atom is -0.507 e. The molecule has 3 aromatic carbocycles. The lowest BCUT2D eigenvalue weighted by atomic mass is 10.0. The van der Waals surface area contributed by atoms with E-state index in [-0.39, 0.29) is 17.7 Å².